The summed E-state index contributed by atoms with van der Waals surface area (Å²) in [5.41, 5.74) is 7.34. The van der Waals surface area contributed by atoms with Gasteiger partial charge < -0.3 is 15.8 Å². The molecule has 0 aliphatic rings. The van der Waals surface area contributed by atoms with Crippen molar-refractivity contribution in [1.29, 1.82) is 0 Å². The molecule has 0 spiro atoms. The van der Waals surface area contributed by atoms with E-state index in [9.17, 15) is 9.59 Å². The Kier molecular flexibility index (Phi) is 5.32. The molecule has 6 heteroatoms. The number of ether oxygens (including phenoxy) is 1. The maximum atomic E-state index is 11.7. The number of benzene rings is 1. The van der Waals surface area contributed by atoms with Crippen LogP contribution in [-0.4, -0.2) is 25.1 Å². The number of para-hydroxylation sites is 1. The zero-order chi connectivity index (χ0) is 14.4. The van der Waals surface area contributed by atoms with Crippen LogP contribution in [-0.2, 0) is 11.3 Å². The van der Waals surface area contributed by atoms with Crippen molar-refractivity contribution in [2.75, 3.05) is 7.05 Å². The van der Waals surface area contributed by atoms with E-state index in [1.54, 1.807) is 6.92 Å². The van der Waals surface area contributed by atoms with Crippen molar-refractivity contribution in [1.82, 2.24) is 10.6 Å². The normalized spacial score (nSPS) is 11.6. The van der Waals surface area contributed by atoms with E-state index in [1.807, 2.05) is 25.1 Å². The zero-order valence-corrected chi connectivity index (χ0v) is 11.3. The van der Waals surface area contributed by atoms with Crippen molar-refractivity contribution in [3.8, 4) is 5.75 Å². The highest BCUT2D eigenvalue weighted by Crippen LogP contribution is 2.24. The Balaban J connectivity index is 2.79. The van der Waals surface area contributed by atoms with Crippen molar-refractivity contribution in [3.63, 3.8) is 0 Å². The van der Waals surface area contributed by atoms with E-state index in [1.165, 1.54) is 7.05 Å². The smallest absolute Gasteiger partial charge is 0.321 e. The summed E-state index contributed by atoms with van der Waals surface area (Å²) >= 11 is 0. The monoisotopic (exact) mass is 265 g/mol. The number of amides is 3. The highest BCUT2D eigenvalue weighted by molar-refractivity contribution is 5.96. The maximum absolute atomic E-state index is 11.7. The predicted molar refractivity (Wildman–Crippen MR) is 71.8 cm³/mol. The molecule has 0 saturated heterocycles. The molecule has 19 heavy (non-hydrogen) atoms. The fraction of sp³-hybridized carbons (Fsp3) is 0.385. The summed E-state index contributed by atoms with van der Waals surface area (Å²) in [6, 6.07) is 5.02. The predicted octanol–water partition coefficient (Wildman–Crippen LogP) is 0.677. The Morgan fingerprint density at radius 2 is 2.11 bits per heavy atom. The second-order valence-electron chi connectivity index (χ2n) is 4.10. The molecule has 0 heterocycles. The molecule has 0 fully saturated rings. The van der Waals surface area contributed by atoms with Crippen LogP contribution in [0, 0.1) is 6.92 Å². The lowest BCUT2D eigenvalue weighted by atomic mass is 10.1. The number of hydrogen-bond acceptors (Lipinski definition) is 4. The van der Waals surface area contributed by atoms with Crippen LogP contribution in [0.1, 0.15) is 18.1 Å². The summed E-state index contributed by atoms with van der Waals surface area (Å²) in [7, 11) is 1.43. The molecule has 104 valence electrons. The van der Waals surface area contributed by atoms with Crippen molar-refractivity contribution >= 4 is 11.9 Å². The minimum absolute atomic E-state index is 0.320. The van der Waals surface area contributed by atoms with Crippen LogP contribution in [0.2, 0.25) is 0 Å². The minimum Gasteiger partial charge on any atom is -0.480 e. The third-order valence-electron chi connectivity index (χ3n) is 2.64. The Hall–Kier alpha value is -2.08. The third kappa shape index (κ3) is 3.96. The van der Waals surface area contributed by atoms with Crippen LogP contribution in [0.4, 0.5) is 4.79 Å². The molecule has 0 aromatic heterocycles. The van der Waals surface area contributed by atoms with Crippen LogP contribution in [0.3, 0.4) is 0 Å². The van der Waals surface area contributed by atoms with Gasteiger partial charge in [-0.25, -0.2) is 4.79 Å². The highest BCUT2D eigenvalue weighted by Gasteiger charge is 2.18. The fourth-order valence-corrected chi connectivity index (χ4v) is 1.55. The van der Waals surface area contributed by atoms with Gasteiger partial charge in [-0.2, -0.15) is 0 Å². The van der Waals surface area contributed by atoms with Gasteiger partial charge in [-0.3, -0.25) is 10.1 Å². The summed E-state index contributed by atoms with van der Waals surface area (Å²) in [5.74, 6) is 0.0788. The lowest BCUT2D eigenvalue weighted by Gasteiger charge is -2.18. The van der Waals surface area contributed by atoms with Gasteiger partial charge >= 0.3 is 6.03 Å². The van der Waals surface area contributed by atoms with Gasteiger partial charge in [-0.15, -0.1) is 0 Å². The fourth-order valence-electron chi connectivity index (χ4n) is 1.55. The van der Waals surface area contributed by atoms with Gasteiger partial charge in [0.15, 0.2) is 6.10 Å². The first-order valence-electron chi connectivity index (χ1n) is 5.97. The van der Waals surface area contributed by atoms with Gasteiger partial charge in [0.25, 0.3) is 5.91 Å². The molecule has 0 radical (unpaired) electrons. The quantitative estimate of drug-likeness (QED) is 0.746. The lowest BCUT2D eigenvalue weighted by Crippen LogP contribution is -2.44. The molecular formula is C13H19N3O3. The van der Waals surface area contributed by atoms with E-state index in [0.29, 0.717) is 12.3 Å². The maximum Gasteiger partial charge on any atom is 0.321 e. The number of hydrogen-bond donors (Lipinski definition) is 3. The van der Waals surface area contributed by atoms with Gasteiger partial charge in [0.05, 0.1) is 0 Å². The van der Waals surface area contributed by atoms with Crippen molar-refractivity contribution < 1.29 is 14.3 Å². The first kappa shape index (κ1) is 15.0. The number of carbonyl (C=O) groups is 2. The van der Waals surface area contributed by atoms with Crippen LogP contribution in [0.15, 0.2) is 18.2 Å². The Bertz CT molecular complexity index is 474. The zero-order valence-electron chi connectivity index (χ0n) is 11.3. The van der Waals surface area contributed by atoms with Crippen molar-refractivity contribution in [2.24, 2.45) is 5.73 Å². The third-order valence-corrected chi connectivity index (χ3v) is 2.64. The molecule has 1 rings (SSSR count). The molecular weight excluding hydrogens is 246 g/mol. The average molecular weight is 265 g/mol. The molecule has 1 atom stereocenters. The van der Waals surface area contributed by atoms with Crippen LogP contribution in [0.5, 0.6) is 5.75 Å². The molecule has 0 aliphatic heterocycles. The Morgan fingerprint density at radius 3 is 2.68 bits per heavy atom. The number of nitrogens with two attached hydrogens (primary N) is 1. The number of rotatable bonds is 4. The largest absolute Gasteiger partial charge is 0.480 e. The van der Waals surface area contributed by atoms with E-state index in [4.69, 9.17) is 10.5 Å². The number of imide groups is 1. The van der Waals surface area contributed by atoms with Crippen molar-refractivity contribution in [2.45, 2.75) is 26.5 Å². The Morgan fingerprint density at radius 1 is 1.42 bits per heavy atom. The van der Waals surface area contributed by atoms with E-state index in [-0.39, 0.29) is 0 Å². The second kappa shape index (κ2) is 6.75. The molecule has 0 bridgehead atoms. The van der Waals surface area contributed by atoms with Gasteiger partial charge in [0, 0.05) is 19.2 Å². The average Bonchev–Trinajstić information content (AvgIpc) is 2.40. The lowest BCUT2D eigenvalue weighted by molar-refractivity contribution is -0.126. The van der Waals surface area contributed by atoms with Gasteiger partial charge in [0.1, 0.15) is 5.75 Å². The van der Waals surface area contributed by atoms with Gasteiger partial charge in [-0.1, -0.05) is 18.2 Å². The van der Waals surface area contributed by atoms with Crippen LogP contribution < -0.4 is 21.1 Å². The minimum atomic E-state index is -0.788. The van der Waals surface area contributed by atoms with E-state index < -0.39 is 18.0 Å². The van der Waals surface area contributed by atoms with Crippen LogP contribution >= 0.6 is 0 Å². The van der Waals surface area contributed by atoms with Gasteiger partial charge in [-0.05, 0) is 19.4 Å². The summed E-state index contributed by atoms with van der Waals surface area (Å²) in [6.07, 6.45) is -0.788. The number of aryl methyl sites for hydroxylation is 1. The number of carbonyl (C=O) groups excluding carboxylic acids is 2. The molecule has 1 aromatic carbocycles. The summed E-state index contributed by atoms with van der Waals surface area (Å²) < 4.78 is 5.60. The van der Waals surface area contributed by atoms with E-state index in [0.717, 1.165) is 11.1 Å². The number of nitrogens with one attached hydrogen (secondary N) is 2. The summed E-state index contributed by atoms with van der Waals surface area (Å²) in [4.78, 5) is 22.7. The molecule has 0 saturated carbocycles. The summed E-state index contributed by atoms with van der Waals surface area (Å²) in [5, 5.41) is 4.46. The molecule has 1 unspecified atom stereocenters. The standard InChI is InChI=1S/C13H19N3O3/c1-8-5-4-6-10(7-14)11(8)19-9(2)12(17)16-13(18)15-3/h4-6,9H,7,14H2,1-3H3,(H2,15,16,17,18). The first-order valence-corrected chi connectivity index (χ1v) is 5.97. The number of urea groups is 1. The highest BCUT2D eigenvalue weighted by atomic mass is 16.5. The van der Waals surface area contributed by atoms with Crippen LogP contribution in [0.25, 0.3) is 0 Å². The molecule has 3 amide bonds. The molecule has 1 aromatic rings. The van der Waals surface area contributed by atoms with E-state index in [2.05, 4.69) is 10.6 Å². The topological polar surface area (TPSA) is 93.5 Å². The first-order chi connectivity index (χ1) is 8.99. The molecule has 0 aliphatic carbocycles. The molecule has 6 nitrogen and oxygen atoms in total. The van der Waals surface area contributed by atoms with Crippen molar-refractivity contribution in [3.05, 3.63) is 29.3 Å². The summed E-state index contributed by atoms with van der Waals surface area (Å²) in [6.45, 7) is 3.77. The van der Waals surface area contributed by atoms with Gasteiger partial charge in [0.2, 0.25) is 0 Å². The molecule has 4 N–H and O–H groups in total. The SMILES string of the molecule is CNC(=O)NC(=O)C(C)Oc1c(C)cccc1CN. The Labute approximate surface area is 112 Å². The van der Waals surface area contributed by atoms with E-state index >= 15 is 0 Å². The second-order valence-corrected chi connectivity index (χ2v) is 4.10.